The Morgan fingerprint density at radius 1 is 1.38 bits per heavy atom. The van der Waals surface area contributed by atoms with Crippen LogP contribution in [0.4, 0.5) is 0 Å². The maximum atomic E-state index is 13.0. The Bertz CT molecular complexity index is 568. The summed E-state index contributed by atoms with van der Waals surface area (Å²) in [4.78, 5) is 0. The van der Waals surface area contributed by atoms with Crippen molar-refractivity contribution >= 4 is 10.0 Å². The molecule has 1 atom stereocenters. The summed E-state index contributed by atoms with van der Waals surface area (Å²) in [5.74, 6) is 0. The van der Waals surface area contributed by atoms with Crippen LogP contribution in [0, 0.1) is 6.92 Å². The largest absolute Gasteiger partial charge is 0.316 e. The van der Waals surface area contributed by atoms with Gasteiger partial charge in [-0.1, -0.05) is 19.8 Å². The lowest BCUT2D eigenvalue weighted by molar-refractivity contribution is 0.313. The van der Waals surface area contributed by atoms with Crippen LogP contribution in [0.1, 0.15) is 50.3 Å². The van der Waals surface area contributed by atoms with Crippen molar-refractivity contribution in [2.24, 2.45) is 0 Å². The lowest BCUT2D eigenvalue weighted by atomic mass is 10.1. The number of sulfonamides is 1. The van der Waals surface area contributed by atoms with Gasteiger partial charge in [-0.25, -0.2) is 8.42 Å². The summed E-state index contributed by atoms with van der Waals surface area (Å²) in [6.07, 6.45) is 4.93. The van der Waals surface area contributed by atoms with Crippen molar-refractivity contribution in [1.82, 2.24) is 19.8 Å². The van der Waals surface area contributed by atoms with Crippen LogP contribution >= 0.6 is 0 Å². The van der Waals surface area contributed by atoms with E-state index in [1.54, 1.807) is 4.31 Å². The SMILES string of the molecule is CCC1CCCCCN1S(=O)(=O)c1n[nH]c(C)c1CNC. The molecule has 0 spiro atoms. The number of hydrogen-bond donors (Lipinski definition) is 2. The molecule has 1 fully saturated rings. The minimum Gasteiger partial charge on any atom is -0.316 e. The molecule has 120 valence electrons. The van der Waals surface area contributed by atoms with E-state index in [1.807, 2.05) is 14.0 Å². The molecule has 0 aliphatic carbocycles. The van der Waals surface area contributed by atoms with Crippen molar-refractivity contribution in [3.8, 4) is 0 Å². The third-order valence-corrected chi connectivity index (χ3v) is 6.16. The Hall–Kier alpha value is -0.920. The zero-order chi connectivity index (χ0) is 15.5. The van der Waals surface area contributed by atoms with E-state index >= 15 is 0 Å². The highest BCUT2D eigenvalue weighted by atomic mass is 32.2. The van der Waals surface area contributed by atoms with E-state index in [1.165, 1.54) is 0 Å². The number of H-pyrrole nitrogens is 1. The summed E-state index contributed by atoms with van der Waals surface area (Å²) in [7, 11) is -1.72. The Morgan fingerprint density at radius 3 is 2.81 bits per heavy atom. The van der Waals surface area contributed by atoms with Crippen LogP contribution in [-0.2, 0) is 16.6 Å². The van der Waals surface area contributed by atoms with Gasteiger partial charge in [0.2, 0.25) is 0 Å². The van der Waals surface area contributed by atoms with Gasteiger partial charge in [-0.05, 0) is 33.2 Å². The molecular weight excluding hydrogens is 288 g/mol. The van der Waals surface area contributed by atoms with Gasteiger partial charge in [0.1, 0.15) is 0 Å². The second-order valence-electron chi connectivity index (χ2n) is 5.69. The molecule has 2 N–H and O–H groups in total. The molecule has 0 bridgehead atoms. The van der Waals surface area contributed by atoms with Crippen LogP contribution in [0.2, 0.25) is 0 Å². The van der Waals surface area contributed by atoms with Crippen LogP contribution < -0.4 is 5.32 Å². The van der Waals surface area contributed by atoms with Crippen LogP contribution in [0.15, 0.2) is 5.03 Å². The first-order valence-electron chi connectivity index (χ1n) is 7.72. The van der Waals surface area contributed by atoms with Crippen molar-refractivity contribution in [1.29, 1.82) is 0 Å². The van der Waals surface area contributed by atoms with Crippen molar-refractivity contribution in [2.75, 3.05) is 13.6 Å². The normalized spacial score (nSPS) is 21.4. The van der Waals surface area contributed by atoms with Gasteiger partial charge in [-0.2, -0.15) is 9.40 Å². The molecule has 0 radical (unpaired) electrons. The monoisotopic (exact) mass is 314 g/mol. The molecule has 0 aromatic carbocycles. The number of nitrogens with zero attached hydrogens (tertiary/aromatic N) is 2. The Morgan fingerprint density at radius 2 is 2.14 bits per heavy atom. The van der Waals surface area contributed by atoms with E-state index < -0.39 is 10.0 Å². The zero-order valence-corrected chi connectivity index (χ0v) is 14.0. The minimum atomic E-state index is -3.53. The first-order chi connectivity index (χ1) is 10.0. The molecule has 6 nitrogen and oxygen atoms in total. The Balaban J connectivity index is 2.40. The van der Waals surface area contributed by atoms with E-state index in [-0.39, 0.29) is 11.1 Å². The molecule has 1 aromatic heterocycles. The molecule has 1 aromatic rings. The van der Waals surface area contributed by atoms with Gasteiger partial charge in [-0.15, -0.1) is 0 Å². The van der Waals surface area contributed by atoms with Crippen molar-refractivity contribution < 1.29 is 8.42 Å². The number of aryl methyl sites for hydroxylation is 1. The fourth-order valence-electron chi connectivity index (χ4n) is 3.01. The molecule has 1 saturated heterocycles. The van der Waals surface area contributed by atoms with E-state index in [0.29, 0.717) is 13.1 Å². The zero-order valence-electron chi connectivity index (χ0n) is 13.1. The highest BCUT2D eigenvalue weighted by Crippen LogP contribution is 2.27. The number of hydrogen-bond acceptors (Lipinski definition) is 4. The van der Waals surface area contributed by atoms with Crippen LogP contribution in [0.25, 0.3) is 0 Å². The highest BCUT2D eigenvalue weighted by molar-refractivity contribution is 7.89. The predicted octanol–water partition coefficient (Wildman–Crippen LogP) is 1.78. The third-order valence-electron chi connectivity index (χ3n) is 4.24. The smallest absolute Gasteiger partial charge is 0.262 e. The van der Waals surface area contributed by atoms with Crippen LogP contribution in [-0.4, -0.2) is 42.6 Å². The van der Waals surface area contributed by atoms with Crippen molar-refractivity contribution in [3.05, 3.63) is 11.3 Å². The average molecular weight is 314 g/mol. The van der Waals surface area contributed by atoms with Gasteiger partial charge in [0.15, 0.2) is 5.03 Å². The fraction of sp³-hybridized carbons (Fsp3) is 0.786. The van der Waals surface area contributed by atoms with Gasteiger partial charge >= 0.3 is 0 Å². The molecule has 2 rings (SSSR count). The molecule has 0 amide bonds. The van der Waals surface area contributed by atoms with Gasteiger partial charge < -0.3 is 5.32 Å². The molecule has 2 heterocycles. The van der Waals surface area contributed by atoms with Gasteiger partial charge in [0, 0.05) is 30.4 Å². The van der Waals surface area contributed by atoms with Crippen molar-refractivity contribution in [3.63, 3.8) is 0 Å². The molecule has 0 saturated carbocycles. The van der Waals surface area contributed by atoms with E-state index in [4.69, 9.17) is 0 Å². The molecule has 1 unspecified atom stereocenters. The van der Waals surface area contributed by atoms with Gasteiger partial charge in [-0.3, -0.25) is 5.10 Å². The molecule has 1 aliphatic heterocycles. The Kier molecular flexibility index (Phi) is 5.40. The second-order valence-corrected chi connectivity index (χ2v) is 7.50. The number of aromatic nitrogens is 2. The number of rotatable bonds is 5. The van der Waals surface area contributed by atoms with Crippen molar-refractivity contribution in [2.45, 2.75) is 63.6 Å². The van der Waals surface area contributed by atoms with E-state index in [9.17, 15) is 8.42 Å². The molecule has 1 aliphatic rings. The minimum absolute atomic E-state index is 0.0944. The highest BCUT2D eigenvalue weighted by Gasteiger charge is 2.35. The maximum Gasteiger partial charge on any atom is 0.262 e. The lowest BCUT2D eigenvalue weighted by Crippen LogP contribution is -2.40. The average Bonchev–Trinajstić information content (AvgIpc) is 2.69. The quantitative estimate of drug-likeness (QED) is 0.868. The molecular formula is C14H26N4O2S. The summed E-state index contributed by atoms with van der Waals surface area (Å²) in [6.45, 7) is 5.02. The molecule has 7 heteroatoms. The maximum absolute atomic E-state index is 13.0. The summed E-state index contributed by atoms with van der Waals surface area (Å²) in [5.41, 5.74) is 1.56. The summed E-state index contributed by atoms with van der Waals surface area (Å²) in [5, 5.41) is 10.1. The van der Waals surface area contributed by atoms with E-state index in [0.717, 1.165) is 43.4 Å². The topological polar surface area (TPSA) is 78.1 Å². The van der Waals surface area contributed by atoms with Crippen LogP contribution in [0.3, 0.4) is 0 Å². The third kappa shape index (κ3) is 3.30. The van der Waals surface area contributed by atoms with E-state index in [2.05, 4.69) is 22.4 Å². The Labute approximate surface area is 127 Å². The van der Waals surface area contributed by atoms with Crippen LogP contribution in [0.5, 0.6) is 0 Å². The summed E-state index contributed by atoms with van der Waals surface area (Å²) < 4.78 is 27.7. The second kappa shape index (κ2) is 6.89. The lowest BCUT2D eigenvalue weighted by Gasteiger charge is -2.27. The summed E-state index contributed by atoms with van der Waals surface area (Å²) in [6, 6.07) is 0.0944. The first-order valence-corrected chi connectivity index (χ1v) is 9.16. The summed E-state index contributed by atoms with van der Waals surface area (Å²) >= 11 is 0. The van der Waals surface area contributed by atoms with Gasteiger partial charge in [0.05, 0.1) is 0 Å². The predicted molar refractivity (Wildman–Crippen MR) is 82.5 cm³/mol. The number of nitrogens with one attached hydrogen (secondary N) is 2. The van der Waals surface area contributed by atoms with Gasteiger partial charge in [0.25, 0.3) is 10.0 Å². The number of aromatic amines is 1. The standard InChI is InChI=1S/C14H26N4O2S/c1-4-12-8-6-5-7-9-18(12)21(19,20)14-13(10-15-3)11(2)16-17-14/h12,15H,4-10H2,1-3H3,(H,16,17). The molecule has 21 heavy (non-hydrogen) atoms. The fourth-order valence-corrected chi connectivity index (χ4v) is 4.95. The first kappa shape index (κ1) is 16.5.